The Morgan fingerprint density at radius 2 is 1.62 bits per heavy atom. The fraction of sp³-hybridized carbons (Fsp3) is 0.216. The van der Waals surface area contributed by atoms with Crippen LogP contribution in [0.5, 0.6) is 0 Å². The Kier molecular flexibility index (Phi) is 10.1. The van der Waals surface area contributed by atoms with Crippen LogP contribution in [0.25, 0.3) is 27.9 Å². The number of methoxy groups -OCH3 is 1. The minimum absolute atomic E-state index is 0.0415. The molecule has 0 bridgehead atoms. The van der Waals surface area contributed by atoms with Crippen LogP contribution in [0.1, 0.15) is 53.1 Å². The summed E-state index contributed by atoms with van der Waals surface area (Å²) in [6.45, 7) is 1.85. The maximum Gasteiger partial charge on any atom is 0.337 e. The van der Waals surface area contributed by atoms with Crippen molar-refractivity contribution in [3.8, 4) is 0 Å². The first kappa shape index (κ1) is 32.6. The lowest BCUT2D eigenvalue weighted by Crippen LogP contribution is -2.46. The number of hydrogen-bond acceptors (Lipinski definition) is 7. The number of nitrogens with zero attached hydrogens (tertiary/aromatic N) is 2. The Morgan fingerprint density at radius 1 is 0.915 bits per heavy atom. The quantitative estimate of drug-likeness (QED) is 0.109. The summed E-state index contributed by atoms with van der Waals surface area (Å²) in [6, 6.07) is 27.0. The van der Waals surface area contributed by atoms with Crippen molar-refractivity contribution in [3.05, 3.63) is 120 Å². The predicted octanol–water partition coefficient (Wildman–Crippen LogP) is 6.55. The van der Waals surface area contributed by atoms with Crippen LogP contribution in [0, 0.1) is 5.92 Å². The van der Waals surface area contributed by atoms with Crippen molar-refractivity contribution >= 4 is 51.8 Å². The van der Waals surface area contributed by atoms with Gasteiger partial charge in [0.2, 0.25) is 11.8 Å². The first-order valence-electron chi connectivity index (χ1n) is 15.1. The van der Waals surface area contributed by atoms with Gasteiger partial charge in [0.15, 0.2) is 5.58 Å². The standard InChI is InChI=1S/C37H34N2O8/c1-23(39(35(42)30(36(43)44)21-34(40)41)22-24-14-15-25-8-3-4-9-28(25)20-24)29(26-16-18-27(19-17-26)37(45)46-2)10-7-13-33-38-31-11-5-6-12-32(31)47-33/h3-9,11-20,23,29-30H,10,21-22H2,1-2H3,(H,40,41)(H,43,44)/t23-,29+,30+/m0/s1. The summed E-state index contributed by atoms with van der Waals surface area (Å²) in [7, 11) is 1.30. The Morgan fingerprint density at radius 3 is 2.30 bits per heavy atom. The van der Waals surface area contributed by atoms with Gasteiger partial charge in [-0.05, 0) is 71.7 Å². The number of benzene rings is 4. The normalized spacial score (nSPS) is 13.3. The molecule has 5 aromatic rings. The molecule has 2 N–H and O–H groups in total. The number of para-hydroxylation sites is 2. The number of carboxylic acid groups (broad SMARTS) is 2. The second kappa shape index (κ2) is 14.6. The van der Waals surface area contributed by atoms with Gasteiger partial charge in [0.1, 0.15) is 11.4 Å². The molecule has 3 atom stereocenters. The van der Waals surface area contributed by atoms with Crippen molar-refractivity contribution in [2.45, 2.75) is 38.3 Å². The maximum atomic E-state index is 14.0. The van der Waals surface area contributed by atoms with E-state index < -0.39 is 48.1 Å². The molecule has 0 fully saturated rings. The van der Waals surface area contributed by atoms with E-state index in [4.69, 9.17) is 9.15 Å². The number of allylic oxidation sites excluding steroid dienone is 1. The zero-order valence-corrected chi connectivity index (χ0v) is 25.9. The molecule has 0 saturated heterocycles. The predicted molar refractivity (Wildman–Crippen MR) is 176 cm³/mol. The summed E-state index contributed by atoms with van der Waals surface area (Å²) >= 11 is 0. The third-order valence-electron chi connectivity index (χ3n) is 8.22. The largest absolute Gasteiger partial charge is 0.481 e. The molecule has 0 spiro atoms. The number of carbonyl (C=O) groups excluding carboxylic acids is 2. The molecule has 47 heavy (non-hydrogen) atoms. The van der Waals surface area contributed by atoms with Crippen LogP contribution in [0.3, 0.4) is 0 Å². The van der Waals surface area contributed by atoms with Crippen LogP contribution in [0.4, 0.5) is 0 Å². The minimum Gasteiger partial charge on any atom is -0.481 e. The van der Waals surface area contributed by atoms with E-state index in [1.807, 2.05) is 79.7 Å². The highest BCUT2D eigenvalue weighted by atomic mass is 16.5. The molecule has 0 unspecified atom stereocenters. The number of carbonyl (C=O) groups is 4. The van der Waals surface area contributed by atoms with Crippen molar-refractivity contribution in [1.29, 1.82) is 0 Å². The van der Waals surface area contributed by atoms with Crippen molar-refractivity contribution in [2.24, 2.45) is 5.92 Å². The lowest BCUT2D eigenvalue weighted by atomic mass is 9.86. The highest BCUT2D eigenvalue weighted by Crippen LogP contribution is 2.32. The van der Waals surface area contributed by atoms with Crippen LogP contribution in [0.2, 0.25) is 0 Å². The summed E-state index contributed by atoms with van der Waals surface area (Å²) < 4.78 is 10.7. The zero-order valence-electron chi connectivity index (χ0n) is 25.9. The Hall–Kier alpha value is -5.77. The smallest absolute Gasteiger partial charge is 0.337 e. The number of esters is 1. The SMILES string of the molecule is COC(=O)c1ccc([C@H](CC=Cc2nc3ccccc3o2)[C@H](C)N(Cc2ccc3ccccc3c2)C(=O)[C@@H](CC(=O)O)C(=O)O)cc1. The molecule has 10 heteroatoms. The number of aromatic nitrogens is 1. The maximum absolute atomic E-state index is 14.0. The lowest BCUT2D eigenvalue weighted by molar-refractivity contribution is -0.157. The molecule has 10 nitrogen and oxygen atoms in total. The second-order valence-electron chi connectivity index (χ2n) is 11.3. The van der Waals surface area contributed by atoms with Crippen LogP contribution in [0.15, 0.2) is 101 Å². The van der Waals surface area contributed by atoms with E-state index in [1.165, 1.54) is 12.0 Å². The minimum atomic E-state index is -1.78. The Bertz CT molecular complexity index is 1910. The van der Waals surface area contributed by atoms with Crippen LogP contribution < -0.4 is 0 Å². The summed E-state index contributed by atoms with van der Waals surface area (Å²) in [6.07, 6.45) is 3.12. The molecule has 4 aromatic carbocycles. The van der Waals surface area contributed by atoms with Gasteiger partial charge in [0, 0.05) is 18.5 Å². The van der Waals surface area contributed by atoms with Crippen LogP contribution >= 0.6 is 0 Å². The molecular weight excluding hydrogens is 600 g/mol. The van der Waals surface area contributed by atoms with Crippen molar-refractivity contribution in [3.63, 3.8) is 0 Å². The number of rotatable bonds is 13. The first-order chi connectivity index (χ1) is 22.6. The molecule has 0 radical (unpaired) electrons. The second-order valence-corrected chi connectivity index (χ2v) is 11.3. The number of oxazole rings is 1. The van der Waals surface area contributed by atoms with Gasteiger partial charge in [0.05, 0.1) is 19.1 Å². The van der Waals surface area contributed by atoms with Gasteiger partial charge >= 0.3 is 17.9 Å². The molecule has 240 valence electrons. The Balaban J connectivity index is 1.53. The van der Waals surface area contributed by atoms with E-state index in [1.54, 1.807) is 30.3 Å². The highest BCUT2D eigenvalue weighted by molar-refractivity contribution is 6.00. The summed E-state index contributed by atoms with van der Waals surface area (Å²) in [5, 5.41) is 21.4. The Labute approximate surface area is 270 Å². The summed E-state index contributed by atoms with van der Waals surface area (Å²) in [5.74, 6) is -6.00. The van der Waals surface area contributed by atoms with Gasteiger partial charge in [0.25, 0.3) is 0 Å². The fourth-order valence-electron chi connectivity index (χ4n) is 5.70. The lowest BCUT2D eigenvalue weighted by Gasteiger charge is -2.36. The van der Waals surface area contributed by atoms with Gasteiger partial charge in [-0.15, -0.1) is 0 Å². The van der Waals surface area contributed by atoms with E-state index >= 15 is 0 Å². The number of amides is 1. The van der Waals surface area contributed by atoms with Gasteiger partial charge in [-0.2, -0.15) is 0 Å². The molecule has 0 aliphatic carbocycles. The molecule has 5 rings (SSSR count). The third kappa shape index (κ3) is 7.73. The molecule has 1 heterocycles. The van der Waals surface area contributed by atoms with Crippen LogP contribution in [-0.4, -0.2) is 57.1 Å². The first-order valence-corrected chi connectivity index (χ1v) is 15.1. The molecular formula is C37H34N2O8. The topological polar surface area (TPSA) is 147 Å². The van der Waals surface area contributed by atoms with E-state index in [2.05, 4.69) is 4.98 Å². The van der Waals surface area contributed by atoms with Crippen molar-refractivity contribution in [1.82, 2.24) is 9.88 Å². The number of carboxylic acids is 2. The fourth-order valence-corrected chi connectivity index (χ4v) is 5.70. The van der Waals surface area contributed by atoms with Crippen molar-refractivity contribution < 1.29 is 38.5 Å². The average molecular weight is 635 g/mol. The summed E-state index contributed by atoms with van der Waals surface area (Å²) in [4.78, 5) is 55.9. The average Bonchev–Trinajstić information content (AvgIpc) is 3.50. The molecule has 0 saturated carbocycles. The molecule has 0 aliphatic heterocycles. The monoisotopic (exact) mass is 634 g/mol. The highest BCUT2D eigenvalue weighted by Gasteiger charge is 2.37. The molecule has 0 aliphatic rings. The van der Waals surface area contributed by atoms with E-state index in [0.29, 0.717) is 29.0 Å². The van der Waals surface area contributed by atoms with Crippen LogP contribution in [-0.2, 0) is 25.7 Å². The van der Waals surface area contributed by atoms with E-state index in [-0.39, 0.29) is 6.54 Å². The molecule has 1 aromatic heterocycles. The van der Waals surface area contributed by atoms with Gasteiger partial charge in [-0.1, -0.05) is 66.7 Å². The van der Waals surface area contributed by atoms with Gasteiger partial charge < -0.3 is 24.3 Å². The number of ether oxygens (including phenoxy) is 1. The third-order valence-corrected chi connectivity index (χ3v) is 8.22. The van der Waals surface area contributed by atoms with Gasteiger partial charge in [-0.25, -0.2) is 9.78 Å². The molecule has 1 amide bonds. The zero-order chi connectivity index (χ0) is 33.5. The van der Waals surface area contributed by atoms with Gasteiger partial charge in [-0.3, -0.25) is 14.4 Å². The number of fused-ring (bicyclic) bond motifs is 2. The van der Waals surface area contributed by atoms with Crippen molar-refractivity contribution in [2.75, 3.05) is 7.11 Å². The number of aliphatic carboxylic acids is 2. The van der Waals surface area contributed by atoms with E-state index in [9.17, 15) is 29.4 Å². The number of hydrogen-bond donors (Lipinski definition) is 2. The van der Waals surface area contributed by atoms with E-state index in [0.717, 1.165) is 21.9 Å². The summed E-state index contributed by atoms with van der Waals surface area (Å²) in [5.41, 5.74) is 3.22.